The van der Waals surface area contributed by atoms with Crippen molar-refractivity contribution in [2.45, 2.75) is 38.8 Å². The first-order valence-electron chi connectivity index (χ1n) is 8.25. The first-order chi connectivity index (χ1) is 10.3. The van der Waals surface area contributed by atoms with Crippen LogP contribution in [0.1, 0.15) is 31.7 Å². The van der Waals surface area contributed by atoms with Gasteiger partial charge in [0.1, 0.15) is 0 Å². The van der Waals surface area contributed by atoms with E-state index < -0.39 is 0 Å². The minimum atomic E-state index is 0.773. The van der Waals surface area contributed by atoms with Crippen LogP contribution in [0.25, 0.3) is 0 Å². The van der Waals surface area contributed by atoms with Crippen LogP contribution in [0.3, 0.4) is 0 Å². The molecule has 21 heavy (non-hydrogen) atoms. The van der Waals surface area contributed by atoms with Crippen molar-refractivity contribution in [3.8, 4) is 0 Å². The van der Waals surface area contributed by atoms with Gasteiger partial charge in [0.2, 0.25) is 0 Å². The molecule has 0 spiro atoms. The highest BCUT2D eigenvalue weighted by Crippen LogP contribution is 2.29. The van der Waals surface area contributed by atoms with Gasteiger partial charge in [-0.05, 0) is 59.4 Å². The topological polar surface area (TPSA) is 18.5 Å². The Hall–Kier alpha value is -0.580. The summed E-state index contributed by atoms with van der Waals surface area (Å²) in [7, 11) is 0. The van der Waals surface area contributed by atoms with Crippen LogP contribution in [-0.4, -0.2) is 43.7 Å². The number of nitrogens with one attached hydrogen (secondary N) is 1. The summed E-state index contributed by atoms with van der Waals surface area (Å²) in [5.74, 6) is 0. The van der Waals surface area contributed by atoms with E-state index in [9.17, 15) is 0 Å². The van der Waals surface area contributed by atoms with Gasteiger partial charge in [0.05, 0.1) is 5.69 Å². The lowest BCUT2D eigenvalue weighted by Crippen LogP contribution is -2.46. The Bertz CT molecular complexity index is 465. The Morgan fingerprint density at radius 1 is 1.19 bits per heavy atom. The van der Waals surface area contributed by atoms with Crippen molar-refractivity contribution < 1.29 is 0 Å². The molecule has 1 N–H and O–H groups in total. The van der Waals surface area contributed by atoms with Crippen LogP contribution in [0.4, 0.5) is 5.69 Å². The van der Waals surface area contributed by atoms with E-state index in [-0.39, 0.29) is 0 Å². The van der Waals surface area contributed by atoms with Crippen LogP contribution in [0.2, 0.25) is 0 Å². The van der Waals surface area contributed by atoms with Crippen LogP contribution in [0.15, 0.2) is 22.7 Å². The summed E-state index contributed by atoms with van der Waals surface area (Å²) in [6.07, 6.45) is 3.95. The number of piperazine rings is 1. The average molecular weight is 352 g/mol. The van der Waals surface area contributed by atoms with Gasteiger partial charge >= 0.3 is 0 Å². The maximum Gasteiger partial charge on any atom is 0.0511 e. The lowest BCUT2D eigenvalue weighted by Gasteiger charge is -2.36. The molecule has 3 nitrogen and oxygen atoms in total. The van der Waals surface area contributed by atoms with Gasteiger partial charge in [-0.1, -0.05) is 13.0 Å². The molecule has 0 atom stereocenters. The largest absolute Gasteiger partial charge is 0.368 e. The SMILES string of the molecule is CCCN1CCN(c2ccc(CNC3CC3)cc2Br)CC1. The fourth-order valence-electron chi connectivity index (χ4n) is 3.00. The number of anilines is 1. The third kappa shape index (κ3) is 4.21. The van der Waals surface area contributed by atoms with Gasteiger partial charge < -0.3 is 10.2 Å². The molecule has 1 aliphatic carbocycles. The quantitative estimate of drug-likeness (QED) is 0.848. The summed E-state index contributed by atoms with van der Waals surface area (Å²) in [6.45, 7) is 9.14. The summed E-state index contributed by atoms with van der Waals surface area (Å²) < 4.78 is 1.24. The first kappa shape index (κ1) is 15.3. The van der Waals surface area contributed by atoms with Crippen molar-refractivity contribution in [2.75, 3.05) is 37.6 Å². The van der Waals surface area contributed by atoms with Crippen LogP contribution < -0.4 is 10.2 Å². The molecule has 1 aromatic carbocycles. The summed E-state index contributed by atoms with van der Waals surface area (Å²) in [6, 6.07) is 7.61. The molecule has 0 aromatic heterocycles. The highest BCUT2D eigenvalue weighted by Gasteiger charge is 2.21. The van der Waals surface area contributed by atoms with E-state index in [0.717, 1.165) is 25.7 Å². The standard InChI is InChI=1S/C17H26BrN3/c1-2-7-20-8-10-21(11-9-20)17-6-3-14(12-16(17)18)13-19-15-4-5-15/h3,6,12,15,19H,2,4-5,7-11,13H2,1H3. The Morgan fingerprint density at radius 2 is 1.95 bits per heavy atom. The summed E-state index contributed by atoms with van der Waals surface area (Å²) in [4.78, 5) is 5.08. The zero-order chi connectivity index (χ0) is 14.7. The molecule has 0 radical (unpaired) electrons. The van der Waals surface area contributed by atoms with Crippen LogP contribution >= 0.6 is 15.9 Å². The molecular weight excluding hydrogens is 326 g/mol. The van der Waals surface area contributed by atoms with Gasteiger partial charge in [-0.25, -0.2) is 0 Å². The monoisotopic (exact) mass is 351 g/mol. The molecule has 0 unspecified atom stereocenters. The van der Waals surface area contributed by atoms with E-state index in [0.29, 0.717) is 0 Å². The Morgan fingerprint density at radius 3 is 2.57 bits per heavy atom. The molecule has 116 valence electrons. The van der Waals surface area contributed by atoms with Crippen LogP contribution in [0.5, 0.6) is 0 Å². The molecule has 1 saturated heterocycles. The van der Waals surface area contributed by atoms with E-state index in [1.165, 1.54) is 54.6 Å². The average Bonchev–Trinajstić information content (AvgIpc) is 3.31. The van der Waals surface area contributed by atoms with E-state index in [2.05, 4.69) is 56.2 Å². The Kier molecular flexibility index (Phi) is 5.19. The highest BCUT2D eigenvalue weighted by atomic mass is 79.9. The molecule has 4 heteroatoms. The maximum atomic E-state index is 3.77. The third-order valence-corrected chi connectivity index (χ3v) is 5.07. The normalized spacial score (nSPS) is 20.0. The van der Waals surface area contributed by atoms with Gasteiger partial charge in [0, 0.05) is 43.2 Å². The zero-order valence-corrected chi connectivity index (χ0v) is 14.5. The van der Waals surface area contributed by atoms with Gasteiger partial charge in [-0.15, -0.1) is 0 Å². The number of halogens is 1. The predicted molar refractivity (Wildman–Crippen MR) is 92.9 cm³/mol. The molecular formula is C17H26BrN3. The molecule has 1 aliphatic heterocycles. The van der Waals surface area contributed by atoms with Crippen molar-refractivity contribution >= 4 is 21.6 Å². The molecule has 1 aromatic rings. The summed E-state index contributed by atoms with van der Waals surface area (Å²) >= 11 is 3.77. The maximum absolute atomic E-state index is 3.77. The second-order valence-corrected chi connectivity index (χ2v) is 7.12. The molecule has 2 aliphatic rings. The highest BCUT2D eigenvalue weighted by molar-refractivity contribution is 9.10. The summed E-state index contributed by atoms with van der Waals surface area (Å²) in [5.41, 5.74) is 2.73. The lowest BCUT2D eigenvalue weighted by molar-refractivity contribution is 0.258. The number of nitrogens with zero attached hydrogens (tertiary/aromatic N) is 2. The van der Waals surface area contributed by atoms with Gasteiger partial charge in [-0.2, -0.15) is 0 Å². The molecule has 2 fully saturated rings. The van der Waals surface area contributed by atoms with E-state index >= 15 is 0 Å². The lowest BCUT2D eigenvalue weighted by atomic mass is 10.1. The fourth-order valence-corrected chi connectivity index (χ4v) is 3.67. The predicted octanol–water partition coefficient (Wildman–Crippen LogP) is 3.23. The minimum Gasteiger partial charge on any atom is -0.368 e. The number of benzene rings is 1. The van der Waals surface area contributed by atoms with E-state index in [4.69, 9.17) is 0 Å². The van der Waals surface area contributed by atoms with Gasteiger partial charge in [-0.3, -0.25) is 4.90 Å². The fraction of sp³-hybridized carbons (Fsp3) is 0.647. The smallest absolute Gasteiger partial charge is 0.0511 e. The molecule has 3 rings (SSSR count). The number of hydrogen-bond acceptors (Lipinski definition) is 3. The first-order valence-corrected chi connectivity index (χ1v) is 9.04. The second kappa shape index (κ2) is 7.12. The Labute approximate surface area is 136 Å². The zero-order valence-electron chi connectivity index (χ0n) is 12.9. The number of hydrogen-bond donors (Lipinski definition) is 1. The third-order valence-electron chi connectivity index (χ3n) is 4.44. The second-order valence-electron chi connectivity index (χ2n) is 6.27. The minimum absolute atomic E-state index is 0.773. The molecule has 0 amide bonds. The Balaban J connectivity index is 1.57. The molecule has 1 heterocycles. The van der Waals surface area contributed by atoms with Gasteiger partial charge in [0.25, 0.3) is 0 Å². The van der Waals surface area contributed by atoms with Crippen molar-refractivity contribution in [2.24, 2.45) is 0 Å². The van der Waals surface area contributed by atoms with Crippen molar-refractivity contribution in [1.82, 2.24) is 10.2 Å². The van der Waals surface area contributed by atoms with Crippen LogP contribution in [-0.2, 0) is 6.54 Å². The van der Waals surface area contributed by atoms with Crippen molar-refractivity contribution in [3.05, 3.63) is 28.2 Å². The van der Waals surface area contributed by atoms with Crippen LogP contribution in [0, 0.1) is 0 Å². The molecule has 1 saturated carbocycles. The van der Waals surface area contributed by atoms with E-state index in [1.54, 1.807) is 0 Å². The van der Waals surface area contributed by atoms with E-state index in [1.807, 2.05) is 0 Å². The van der Waals surface area contributed by atoms with Gasteiger partial charge in [0.15, 0.2) is 0 Å². The summed E-state index contributed by atoms with van der Waals surface area (Å²) in [5, 5.41) is 3.58. The van der Waals surface area contributed by atoms with Crippen molar-refractivity contribution in [1.29, 1.82) is 0 Å². The molecule has 0 bridgehead atoms. The van der Waals surface area contributed by atoms with Crippen molar-refractivity contribution in [3.63, 3.8) is 0 Å². The number of rotatable bonds is 6.